The second-order valence-corrected chi connectivity index (χ2v) is 5.07. The fourth-order valence-corrected chi connectivity index (χ4v) is 2.23. The van der Waals surface area contributed by atoms with E-state index in [-0.39, 0.29) is 12.2 Å². The summed E-state index contributed by atoms with van der Waals surface area (Å²) in [5.41, 5.74) is 1.45. The number of para-hydroxylation sites is 1. The highest BCUT2D eigenvalue weighted by Crippen LogP contribution is 2.18. The molecule has 22 heavy (non-hydrogen) atoms. The predicted molar refractivity (Wildman–Crippen MR) is 87.2 cm³/mol. The molecule has 0 heterocycles. The van der Waals surface area contributed by atoms with Crippen molar-refractivity contribution in [3.63, 3.8) is 0 Å². The highest BCUT2D eigenvalue weighted by atomic mass is 32.1. The van der Waals surface area contributed by atoms with Gasteiger partial charge in [0.25, 0.3) is 0 Å². The zero-order valence-corrected chi connectivity index (χ0v) is 12.4. The van der Waals surface area contributed by atoms with Gasteiger partial charge in [0.2, 0.25) is 0 Å². The first-order valence-electron chi connectivity index (χ1n) is 6.64. The molecule has 0 bridgehead atoms. The number of hydrogen-bond donors (Lipinski definition) is 3. The molecule has 0 spiro atoms. The number of halogens is 1. The minimum Gasteiger partial charge on any atom is -0.481 e. The van der Waals surface area contributed by atoms with Gasteiger partial charge < -0.3 is 15.7 Å². The van der Waals surface area contributed by atoms with Crippen molar-refractivity contribution in [1.29, 1.82) is 0 Å². The maximum atomic E-state index is 13.0. The Bertz CT molecular complexity index is 647. The Hall–Kier alpha value is -2.47. The number of carboxylic acid groups (broad SMARTS) is 1. The number of thiocarbonyl (C=S) groups is 1. The zero-order chi connectivity index (χ0) is 15.9. The lowest BCUT2D eigenvalue weighted by Crippen LogP contribution is -2.33. The Morgan fingerprint density at radius 2 is 1.77 bits per heavy atom. The van der Waals surface area contributed by atoms with Crippen LogP contribution in [0.3, 0.4) is 0 Å². The van der Waals surface area contributed by atoms with Crippen molar-refractivity contribution in [2.75, 3.05) is 5.32 Å². The molecule has 2 aromatic rings. The Morgan fingerprint density at radius 3 is 2.36 bits per heavy atom. The molecule has 4 nitrogen and oxygen atoms in total. The first-order chi connectivity index (χ1) is 10.5. The summed E-state index contributed by atoms with van der Waals surface area (Å²) >= 11 is 5.20. The molecule has 0 radical (unpaired) electrons. The van der Waals surface area contributed by atoms with Gasteiger partial charge in [-0.3, -0.25) is 4.79 Å². The smallest absolute Gasteiger partial charge is 0.305 e. The van der Waals surface area contributed by atoms with E-state index in [1.807, 2.05) is 30.3 Å². The average Bonchev–Trinajstić information content (AvgIpc) is 2.48. The molecule has 0 aliphatic rings. The largest absolute Gasteiger partial charge is 0.481 e. The predicted octanol–water partition coefficient (Wildman–Crippen LogP) is 3.33. The van der Waals surface area contributed by atoms with Gasteiger partial charge in [-0.05, 0) is 42.0 Å². The number of carboxylic acids is 1. The van der Waals surface area contributed by atoms with Crippen LogP contribution in [-0.2, 0) is 4.79 Å². The van der Waals surface area contributed by atoms with Crippen molar-refractivity contribution >= 4 is 29.0 Å². The van der Waals surface area contributed by atoms with Crippen molar-refractivity contribution < 1.29 is 14.3 Å². The van der Waals surface area contributed by atoms with Crippen molar-refractivity contribution in [3.05, 3.63) is 66.0 Å². The fourth-order valence-electron chi connectivity index (χ4n) is 1.97. The molecule has 0 unspecified atom stereocenters. The molecule has 114 valence electrons. The summed E-state index contributed by atoms with van der Waals surface area (Å²) in [7, 11) is 0. The molecule has 0 fully saturated rings. The Kier molecular flexibility index (Phi) is 5.43. The van der Waals surface area contributed by atoms with Crippen LogP contribution in [0.2, 0.25) is 0 Å². The van der Waals surface area contributed by atoms with Gasteiger partial charge in [0, 0.05) is 5.69 Å². The maximum Gasteiger partial charge on any atom is 0.305 e. The van der Waals surface area contributed by atoms with Gasteiger partial charge in [-0.2, -0.15) is 0 Å². The summed E-state index contributed by atoms with van der Waals surface area (Å²) < 4.78 is 13.0. The third-order valence-electron chi connectivity index (χ3n) is 2.99. The number of anilines is 1. The van der Waals surface area contributed by atoms with Gasteiger partial charge in [0.05, 0.1) is 12.5 Å². The first kappa shape index (κ1) is 15.9. The quantitative estimate of drug-likeness (QED) is 0.738. The van der Waals surface area contributed by atoms with Crippen molar-refractivity contribution in [1.82, 2.24) is 5.32 Å². The zero-order valence-electron chi connectivity index (χ0n) is 11.6. The van der Waals surface area contributed by atoms with Crippen LogP contribution in [0.15, 0.2) is 54.6 Å². The Balaban J connectivity index is 2.07. The summed E-state index contributed by atoms with van der Waals surface area (Å²) in [6, 6.07) is 14.4. The summed E-state index contributed by atoms with van der Waals surface area (Å²) in [6.07, 6.45) is -0.164. The van der Waals surface area contributed by atoms with Crippen molar-refractivity contribution in [3.8, 4) is 0 Å². The van der Waals surface area contributed by atoms with Gasteiger partial charge >= 0.3 is 5.97 Å². The average molecular weight is 318 g/mol. The number of hydrogen-bond acceptors (Lipinski definition) is 2. The molecule has 2 rings (SSSR count). The number of nitrogens with one attached hydrogen (secondary N) is 2. The third-order valence-corrected chi connectivity index (χ3v) is 3.21. The minimum atomic E-state index is -0.968. The van der Waals surface area contributed by atoms with Gasteiger partial charge in [-0.1, -0.05) is 30.3 Å². The lowest BCUT2D eigenvalue weighted by Gasteiger charge is -2.20. The highest BCUT2D eigenvalue weighted by molar-refractivity contribution is 7.80. The molecule has 2 aromatic carbocycles. The topological polar surface area (TPSA) is 61.4 Å². The van der Waals surface area contributed by atoms with E-state index in [2.05, 4.69) is 10.6 Å². The number of rotatable bonds is 5. The molecular weight excluding hydrogens is 303 g/mol. The SMILES string of the molecule is O=C(O)C[C@H](NC(=S)Nc1ccccc1)c1ccc(F)cc1. The standard InChI is InChI=1S/C16H15FN2O2S/c17-12-8-6-11(7-9-12)14(10-15(20)21)19-16(22)18-13-4-2-1-3-5-13/h1-9,14H,10H2,(H,20,21)(H2,18,19,22)/t14-/m0/s1. The Labute approximate surface area is 133 Å². The van der Waals surface area contributed by atoms with Crippen molar-refractivity contribution in [2.45, 2.75) is 12.5 Å². The van der Waals surface area contributed by atoms with Gasteiger partial charge in [0.1, 0.15) is 5.82 Å². The van der Waals surface area contributed by atoms with Gasteiger partial charge in [-0.15, -0.1) is 0 Å². The van der Waals surface area contributed by atoms with E-state index in [9.17, 15) is 9.18 Å². The molecule has 0 saturated heterocycles. The summed E-state index contributed by atoms with van der Waals surface area (Å²) in [6.45, 7) is 0. The van der Waals surface area contributed by atoms with E-state index < -0.39 is 12.0 Å². The van der Waals surface area contributed by atoms with E-state index in [0.717, 1.165) is 5.69 Å². The van der Waals surface area contributed by atoms with E-state index in [4.69, 9.17) is 17.3 Å². The van der Waals surface area contributed by atoms with Crippen LogP contribution in [0.1, 0.15) is 18.0 Å². The van der Waals surface area contributed by atoms with Crippen LogP contribution in [0.5, 0.6) is 0 Å². The Morgan fingerprint density at radius 1 is 1.14 bits per heavy atom. The first-order valence-corrected chi connectivity index (χ1v) is 7.05. The fraction of sp³-hybridized carbons (Fsp3) is 0.125. The highest BCUT2D eigenvalue weighted by Gasteiger charge is 2.16. The van der Waals surface area contributed by atoms with E-state index in [1.165, 1.54) is 12.1 Å². The number of carbonyl (C=O) groups is 1. The molecule has 0 aliphatic carbocycles. The molecule has 0 amide bonds. The molecule has 3 N–H and O–H groups in total. The van der Waals surface area contributed by atoms with Crippen LogP contribution in [0.4, 0.5) is 10.1 Å². The van der Waals surface area contributed by atoms with Gasteiger partial charge in [-0.25, -0.2) is 4.39 Å². The summed E-state index contributed by atoms with van der Waals surface area (Å²) in [4.78, 5) is 11.0. The van der Waals surface area contributed by atoms with Crippen LogP contribution in [-0.4, -0.2) is 16.2 Å². The van der Waals surface area contributed by atoms with Crippen LogP contribution in [0.25, 0.3) is 0 Å². The second kappa shape index (κ2) is 7.51. The molecule has 0 aromatic heterocycles. The van der Waals surface area contributed by atoms with Crippen LogP contribution >= 0.6 is 12.2 Å². The monoisotopic (exact) mass is 318 g/mol. The van der Waals surface area contributed by atoms with Crippen molar-refractivity contribution in [2.24, 2.45) is 0 Å². The maximum absolute atomic E-state index is 13.0. The number of benzene rings is 2. The third kappa shape index (κ3) is 4.82. The molecule has 0 saturated carbocycles. The normalized spacial score (nSPS) is 11.5. The second-order valence-electron chi connectivity index (χ2n) is 4.67. The van der Waals surface area contributed by atoms with Crippen LogP contribution in [0, 0.1) is 5.82 Å². The van der Waals surface area contributed by atoms with E-state index >= 15 is 0 Å². The molecule has 6 heteroatoms. The molecular formula is C16H15FN2O2S. The van der Waals surface area contributed by atoms with E-state index in [1.54, 1.807) is 12.1 Å². The summed E-state index contributed by atoms with van der Waals surface area (Å²) in [5.74, 6) is -1.34. The molecule has 1 atom stereocenters. The minimum absolute atomic E-state index is 0.164. The van der Waals surface area contributed by atoms with Gasteiger partial charge in [0.15, 0.2) is 5.11 Å². The summed E-state index contributed by atoms with van der Waals surface area (Å²) in [5, 5.41) is 15.3. The number of aliphatic carboxylic acids is 1. The van der Waals surface area contributed by atoms with E-state index in [0.29, 0.717) is 10.7 Å². The lowest BCUT2D eigenvalue weighted by molar-refractivity contribution is -0.137. The van der Waals surface area contributed by atoms with Crippen LogP contribution < -0.4 is 10.6 Å². The molecule has 0 aliphatic heterocycles. The lowest BCUT2D eigenvalue weighted by atomic mass is 10.0.